The highest BCUT2D eigenvalue weighted by atomic mass is 15.0. The van der Waals surface area contributed by atoms with Crippen LogP contribution in [0.15, 0.2) is 79.4 Å². The maximum Gasteiger partial charge on any atom is 0.180 e. The Labute approximate surface area is 180 Å². The van der Waals surface area contributed by atoms with Crippen molar-refractivity contribution in [2.75, 3.05) is 11.9 Å². The first-order chi connectivity index (χ1) is 15.3. The van der Waals surface area contributed by atoms with Crippen molar-refractivity contribution in [1.29, 1.82) is 0 Å². The van der Waals surface area contributed by atoms with Crippen LogP contribution in [0.2, 0.25) is 0 Å². The van der Waals surface area contributed by atoms with Crippen LogP contribution in [0.1, 0.15) is 11.1 Å². The van der Waals surface area contributed by atoms with E-state index < -0.39 is 0 Å². The van der Waals surface area contributed by atoms with E-state index in [1.165, 1.54) is 22.0 Å². The van der Waals surface area contributed by atoms with Crippen LogP contribution in [0.5, 0.6) is 0 Å². The second-order valence-electron chi connectivity index (χ2n) is 7.46. The van der Waals surface area contributed by atoms with Crippen molar-refractivity contribution in [3.05, 3.63) is 90.5 Å². The Kier molecular flexibility index (Phi) is 5.10. The van der Waals surface area contributed by atoms with Gasteiger partial charge in [-0.3, -0.25) is 9.97 Å². The van der Waals surface area contributed by atoms with Crippen LogP contribution in [0.3, 0.4) is 0 Å². The van der Waals surface area contributed by atoms with Crippen molar-refractivity contribution < 1.29 is 0 Å². The van der Waals surface area contributed by atoms with Gasteiger partial charge in [-0.15, -0.1) is 0 Å². The molecule has 6 nitrogen and oxygen atoms in total. The molecule has 0 unspecified atom stereocenters. The van der Waals surface area contributed by atoms with Gasteiger partial charge in [-0.1, -0.05) is 17.7 Å². The Hall–Kier alpha value is -4.06. The van der Waals surface area contributed by atoms with E-state index in [-0.39, 0.29) is 0 Å². The molecule has 0 amide bonds. The molecular formula is C25H22N6. The number of hydrogen-bond donors (Lipinski definition) is 2. The third-order valence-corrected chi connectivity index (χ3v) is 5.20. The zero-order valence-electron chi connectivity index (χ0n) is 17.2. The molecule has 0 aliphatic rings. The molecule has 0 saturated heterocycles. The van der Waals surface area contributed by atoms with Gasteiger partial charge in [0.2, 0.25) is 0 Å². The van der Waals surface area contributed by atoms with Gasteiger partial charge in [-0.25, -0.2) is 9.97 Å². The number of rotatable bonds is 6. The summed E-state index contributed by atoms with van der Waals surface area (Å²) in [4.78, 5) is 21.4. The van der Waals surface area contributed by atoms with Crippen molar-refractivity contribution in [3.8, 4) is 22.8 Å². The summed E-state index contributed by atoms with van der Waals surface area (Å²) in [6, 6.07) is 18.1. The van der Waals surface area contributed by atoms with Crippen molar-refractivity contribution >= 4 is 16.7 Å². The van der Waals surface area contributed by atoms with E-state index in [9.17, 15) is 0 Å². The van der Waals surface area contributed by atoms with Crippen molar-refractivity contribution in [3.63, 3.8) is 0 Å². The van der Waals surface area contributed by atoms with Crippen molar-refractivity contribution in [1.82, 2.24) is 24.9 Å². The number of fused-ring (bicyclic) bond motifs is 1. The molecule has 0 saturated carbocycles. The van der Waals surface area contributed by atoms with E-state index in [1.807, 2.05) is 42.6 Å². The molecule has 4 heterocycles. The Balaban J connectivity index is 1.42. The molecule has 1 aromatic carbocycles. The number of pyridine rings is 2. The first-order valence-corrected chi connectivity index (χ1v) is 10.3. The van der Waals surface area contributed by atoms with E-state index in [0.29, 0.717) is 5.82 Å². The van der Waals surface area contributed by atoms with E-state index >= 15 is 0 Å². The summed E-state index contributed by atoms with van der Waals surface area (Å²) in [5.74, 6) is 1.36. The summed E-state index contributed by atoms with van der Waals surface area (Å²) < 4.78 is 0. The summed E-state index contributed by atoms with van der Waals surface area (Å²) in [5.41, 5.74) is 6.21. The lowest BCUT2D eigenvalue weighted by atomic mass is 10.1. The molecular weight excluding hydrogens is 384 g/mol. The second kappa shape index (κ2) is 8.36. The Morgan fingerprint density at radius 2 is 1.90 bits per heavy atom. The maximum absolute atomic E-state index is 4.72. The minimum absolute atomic E-state index is 0.590. The van der Waals surface area contributed by atoms with Crippen LogP contribution < -0.4 is 5.32 Å². The van der Waals surface area contributed by atoms with Crippen LogP contribution in [-0.4, -0.2) is 31.5 Å². The summed E-state index contributed by atoms with van der Waals surface area (Å²) >= 11 is 0. The summed E-state index contributed by atoms with van der Waals surface area (Å²) in [6.07, 6.45) is 8.29. The van der Waals surface area contributed by atoms with Crippen LogP contribution in [0, 0.1) is 6.92 Å². The highest BCUT2D eigenvalue weighted by molar-refractivity contribution is 5.83. The molecule has 31 heavy (non-hydrogen) atoms. The number of aromatic nitrogens is 5. The molecule has 0 aliphatic heterocycles. The molecule has 0 radical (unpaired) electrons. The van der Waals surface area contributed by atoms with Gasteiger partial charge in [-0.05, 0) is 55.3 Å². The Morgan fingerprint density at radius 3 is 2.74 bits per heavy atom. The predicted octanol–water partition coefficient (Wildman–Crippen LogP) is 5.04. The molecule has 0 spiro atoms. The summed E-state index contributed by atoms with van der Waals surface area (Å²) in [7, 11) is 0. The highest BCUT2D eigenvalue weighted by Crippen LogP contribution is 2.24. The zero-order chi connectivity index (χ0) is 21.0. The lowest BCUT2D eigenvalue weighted by Crippen LogP contribution is -2.08. The van der Waals surface area contributed by atoms with Gasteiger partial charge in [0.05, 0.1) is 5.69 Å². The average Bonchev–Trinajstić information content (AvgIpc) is 3.22. The van der Waals surface area contributed by atoms with Crippen LogP contribution in [0.25, 0.3) is 33.7 Å². The van der Waals surface area contributed by atoms with Gasteiger partial charge >= 0.3 is 0 Å². The average molecular weight is 406 g/mol. The van der Waals surface area contributed by atoms with Crippen LogP contribution in [0.4, 0.5) is 5.82 Å². The lowest BCUT2D eigenvalue weighted by Gasteiger charge is -2.10. The van der Waals surface area contributed by atoms with E-state index in [2.05, 4.69) is 51.6 Å². The number of hydrogen-bond acceptors (Lipinski definition) is 5. The molecule has 6 heteroatoms. The molecule has 4 aromatic heterocycles. The third kappa shape index (κ3) is 4.14. The number of aryl methyl sites for hydroxylation is 1. The molecule has 5 aromatic rings. The van der Waals surface area contributed by atoms with Gasteiger partial charge in [0.15, 0.2) is 5.82 Å². The fourth-order valence-corrected chi connectivity index (χ4v) is 3.63. The van der Waals surface area contributed by atoms with Crippen LogP contribution in [-0.2, 0) is 6.42 Å². The smallest absolute Gasteiger partial charge is 0.180 e. The van der Waals surface area contributed by atoms with Crippen molar-refractivity contribution in [2.24, 2.45) is 0 Å². The first kappa shape index (κ1) is 18.9. The molecule has 152 valence electrons. The number of aromatic amines is 1. The maximum atomic E-state index is 4.72. The van der Waals surface area contributed by atoms with E-state index in [0.717, 1.165) is 35.7 Å². The topological polar surface area (TPSA) is 79.4 Å². The largest absolute Gasteiger partial charge is 0.370 e. The predicted molar refractivity (Wildman–Crippen MR) is 124 cm³/mol. The molecule has 0 bridgehead atoms. The van der Waals surface area contributed by atoms with E-state index in [4.69, 9.17) is 9.97 Å². The highest BCUT2D eigenvalue weighted by Gasteiger charge is 2.10. The quantitative estimate of drug-likeness (QED) is 0.413. The molecule has 5 rings (SSSR count). The van der Waals surface area contributed by atoms with Gasteiger partial charge in [-0.2, -0.15) is 0 Å². The third-order valence-electron chi connectivity index (χ3n) is 5.20. The molecule has 0 atom stereocenters. The van der Waals surface area contributed by atoms with Gasteiger partial charge < -0.3 is 10.3 Å². The summed E-state index contributed by atoms with van der Waals surface area (Å²) in [5, 5.41) is 4.74. The Morgan fingerprint density at radius 1 is 0.935 bits per heavy atom. The van der Waals surface area contributed by atoms with Gasteiger partial charge in [0.1, 0.15) is 11.5 Å². The molecule has 2 N–H and O–H groups in total. The van der Waals surface area contributed by atoms with Crippen molar-refractivity contribution in [2.45, 2.75) is 13.3 Å². The SMILES string of the molecule is Cc1ccc2[nH]cc(CCNc3cc(-c4cccnc4)nc(-c4ccccn4)n3)c2c1. The van der Waals surface area contributed by atoms with Crippen LogP contribution >= 0.6 is 0 Å². The zero-order valence-corrected chi connectivity index (χ0v) is 17.2. The number of nitrogens with zero attached hydrogens (tertiary/aromatic N) is 4. The molecule has 0 fully saturated rings. The standard InChI is InChI=1S/C25H22N6/c1-17-7-8-21-20(13-17)18(16-29-21)9-12-28-24-14-23(19-5-4-10-26-15-19)30-25(31-24)22-6-2-3-11-27-22/h2-8,10-11,13-16,29H,9,12H2,1H3,(H,28,30,31). The number of H-pyrrole nitrogens is 1. The van der Waals surface area contributed by atoms with Gasteiger partial charge in [0, 0.05) is 53.9 Å². The fourth-order valence-electron chi connectivity index (χ4n) is 3.63. The number of nitrogens with one attached hydrogen (secondary N) is 2. The first-order valence-electron chi connectivity index (χ1n) is 10.3. The number of benzene rings is 1. The van der Waals surface area contributed by atoms with Gasteiger partial charge in [0.25, 0.3) is 0 Å². The number of anilines is 1. The monoisotopic (exact) mass is 406 g/mol. The Bertz CT molecular complexity index is 1250. The minimum Gasteiger partial charge on any atom is -0.370 e. The second-order valence-corrected chi connectivity index (χ2v) is 7.46. The minimum atomic E-state index is 0.590. The normalized spacial score (nSPS) is 11.0. The summed E-state index contributed by atoms with van der Waals surface area (Å²) in [6.45, 7) is 2.88. The lowest BCUT2D eigenvalue weighted by molar-refractivity contribution is 1.01. The molecule has 0 aliphatic carbocycles. The fraction of sp³-hybridized carbons (Fsp3) is 0.120. The van der Waals surface area contributed by atoms with E-state index in [1.54, 1.807) is 12.4 Å².